The summed E-state index contributed by atoms with van der Waals surface area (Å²) in [7, 11) is -3.49. The van der Waals surface area contributed by atoms with Gasteiger partial charge in [0.05, 0.1) is 5.25 Å². The summed E-state index contributed by atoms with van der Waals surface area (Å²) in [6, 6.07) is 17.3. The Bertz CT molecular complexity index is 1500. The number of nitrogens with zero attached hydrogens (tertiary/aromatic N) is 2. The van der Waals surface area contributed by atoms with Crippen molar-refractivity contribution < 1.29 is 26.4 Å². The van der Waals surface area contributed by atoms with Crippen molar-refractivity contribution in [1.82, 2.24) is 9.38 Å². The number of hydrogen-bond acceptors (Lipinski definition) is 5. The Morgan fingerprint density at radius 1 is 0.917 bits per heavy atom. The highest BCUT2D eigenvalue weighted by atomic mass is 32.2. The fraction of sp³-hybridized carbons (Fsp3) is 0.167. The minimum absolute atomic E-state index is 0.152. The van der Waals surface area contributed by atoms with Crippen LogP contribution in [0.4, 0.5) is 36.1 Å². The van der Waals surface area contributed by atoms with Crippen molar-refractivity contribution in [2.24, 2.45) is 0 Å². The first-order chi connectivity index (χ1) is 16.9. The van der Waals surface area contributed by atoms with E-state index in [9.17, 15) is 26.4 Å². The van der Waals surface area contributed by atoms with Gasteiger partial charge in [-0.2, -0.15) is 13.2 Å². The van der Waals surface area contributed by atoms with Gasteiger partial charge in [0.25, 0.3) is 5.91 Å². The Morgan fingerprint density at radius 3 is 2.14 bits per heavy atom. The third kappa shape index (κ3) is 5.60. The van der Waals surface area contributed by atoms with Crippen molar-refractivity contribution in [3.05, 3.63) is 84.2 Å². The fourth-order valence-electron chi connectivity index (χ4n) is 3.21. The Labute approximate surface area is 205 Å². The molecule has 2 aromatic heterocycles. The standard InChI is InChI=1S/C24H22F3N5O3S/c1-15(2)36(34,35)31-19-8-6-16(7-9-19)23(33)29-18-12-10-17(11-13-18)28-21-4-3-5-22-30-20(14-32(21)22)24(25,26)27/h3-15,28,31H,1-2H3,(H,29,33). The van der Waals surface area contributed by atoms with E-state index >= 15 is 0 Å². The largest absolute Gasteiger partial charge is 0.434 e. The molecule has 0 bridgehead atoms. The maximum absolute atomic E-state index is 13.0. The van der Waals surface area contributed by atoms with Gasteiger partial charge >= 0.3 is 6.18 Å². The van der Waals surface area contributed by atoms with Crippen molar-refractivity contribution in [2.45, 2.75) is 25.3 Å². The minimum Gasteiger partial charge on any atom is -0.341 e. The zero-order valence-corrected chi connectivity index (χ0v) is 20.0. The number of benzene rings is 2. The first-order valence-corrected chi connectivity index (χ1v) is 12.3. The van der Waals surface area contributed by atoms with Crippen LogP contribution in [0.2, 0.25) is 0 Å². The third-order valence-corrected chi connectivity index (χ3v) is 6.99. The van der Waals surface area contributed by atoms with Crippen LogP contribution in [-0.2, 0) is 16.2 Å². The van der Waals surface area contributed by atoms with E-state index in [0.29, 0.717) is 28.4 Å². The van der Waals surface area contributed by atoms with E-state index in [1.54, 1.807) is 50.2 Å². The molecule has 0 unspecified atom stereocenters. The molecule has 4 rings (SSSR count). The van der Waals surface area contributed by atoms with Gasteiger partial charge in [0.1, 0.15) is 11.5 Å². The van der Waals surface area contributed by atoms with Crippen molar-refractivity contribution in [3.63, 3.8) is 0 Å². The summed E-state index contributed by atoms with van der Waals surface area (Å²) in [4.78, 5) is 16.2. The lowest BCUT2D eigenvalue weighted by atomic mass is 10.2. The number of anilines is 4. The molecule has 0 aliphatic carbocycles. The van der Waals surface area contributed by atoms with Gasteiger partial charge in [0, 0.05) is 28.8 Å². The van der Waals surface area contributed by atoms with E-state index < -0.39 is 33.1 Å². The molecule has 8 nitrogen and oxygen atoms in total. The first-order valence-electron chi connectivity index (χ1n) is 10.8. The number of alkyl halides is 3. The van der Waals surface area contributed by atoms with E-state index in [4.69, 9.17) is 0 Å². The summed E-state index contributed by atoms with van der Waals surface area (Å²) in [5.74, 6) is -0.00250. The second-order valence-corrected chi connectivity index (χ2v) is 10.4. The Kier molecular flexibility index (Phi) is 6.63. The topological polar surface area (TPSA) is 105 Å². The lowest BCUT2D eigenvalue weighted by Crippen LogP contribution is -2.22. The van der Waals surface area contributed by atoms with Crippen LogP contribution in [0.1, 0.15) is 29.9 Å². The molecule has 4 aromatic rings. The summed E-state index contributed by atoms with van der Waals surface area (Å²) in [6.07, 6.45) is -3.63. The predicted octanol–water partition coefficient (Wildman–Crippen LogP) is 5.50. The van der Waals surface area contributed by atoms with Gasteiger partial charge in [0.15, 0.2) is 5.69 Å². The quantitative estimate of drug-likeness (QED) is 0.300. The van der Waals surface area contributed by atoms with Crippen LogP contribution in [0.5, 0.6) is 0 Å². The number of imidazole rings is 1. The second-order valence-electron chi connectivity index (χ2n) is 8.19. The van der Waals surface area contributed by atoms with E-state index in [0.717, 1.165) is 6.20 Å². The molecule has 12 heteroatoms. The predicted molar refractivity (Wildman–Crippen MR) is 132 cm³/mol. The van der Waals surface area contributed by atoms with Crippen LogP contribution in [0.3, 0.4) is 0 Å². The molecule has 3 N–H and O–H groups in total. The molecule has 2 heterocycles. The molecule has 0 fully saturated rings. The highest BCUT2D eigenvalue weighted by molar-refractivity contribution is 7.93. The maximum atomic E-state index is 13.0. The number of sulfonamides is 1. The van der Waals surface area contributed by atoms with Gasteiger partial charge in [0.2, 0.25) is 10.0 Å². The zero-order valence-electron chi connectivity index (χ0n) is 19.2. The smallest absolute Gasteiger partial charge is 0.341 e. The fourth-order valence-corrected chi connectivity index (χ4v) is 3.91. The summed E-state index contributed by atoms with van der Waals surface area (Å²) in [6.45, 7) is 3.12. The van der Waals surface area contributed by atoms with Crippen molar-refractivity contribution >= 4 is 44.5 Å². The molecule has 0 saturated heterocycles. The number of amides is 1. The van der Waals surface area contributed by atoms with Crippen LogP contribution >= 0.6 is 0 Å². The van der Waals surface area contributed by atoms with Crippen LogP contribution in [0.25, 0.3) is 5.65 Å². The average Bonchev–Trinajstić information content (AvgIpc) is 3.27. The van der Waals surface area contributed by atoms with Gasteiger partial charge in [-0.15, -0.1) is 0 Å². The molecule has 0 spiro atoms. The third-order valence-electron chi connectivity index (χ3n) is 5.23. The molecule has 0 saturated carbocycles. The van der Waals surface area contributed by atoms with Crippen molar-refractivity contribution in [1.29, 1.82) is 0 Å². The van der Waals surface area contributed by atoms with Crippen LogP contribution in [0, 0.1) is 0 Å². The first kappa shape index (κ1) is 25.0. The number of pyridine rings is 1. The molecule has 0 aliphatic heterocycles. The maximum Gasteiger partial charge on any atom is 0.434 e. The number of fused-ring (bicyclic) bond motifs is 1. The van der Waals surface area contributed by atoms with E-state index in [-0.39, 0.29) is 5.65 Å². The molecule has 0 radical (unpaired) electrons. The minimum atomic E-state index is -4.55. The number of carbonyl (C=O) groups excluding carboxylic acids is 1. The molecular formula is C24H22F3N5O3S. The summed E-state index contributed by atoms with van der Waals surface area (Å²) in [5.41, 5.74) is 0.933. The Hall–Kier alpha value is -4.06. The number of nitrogens with one attached hydrogen (secondary N) is 3. The van der Waals surface area contributed by atoms with Gasteiger partial charge in [-0.1, -0.05) is 6.07 Å². The Balaban J connectivity index is 1.43. The van der Waals surface area contributed by atoms with Gasteiger partial charge < -0.3 is 10.6 Å². The molecular weight excluding hydrogens is 495 g/mol. The SMILES string of the molecule is CC(C)S(=O)(=O)Nc1ccc(C(=O)Nc2ccc(Nc3cccc4nc(C(F)(F)F)cn34)cc2)cc1. The molecule has 2 aromatic carbocycles. The summed E-state index contributed by atoms with van der Waals surface area (Å²) < 4.78 is 66.7. The number of carbonyl (C=O) groups is 1. The zero-order chi connectivity index (χ0) is 26.1. The highest BCUT2D eigenvalue weighted by Gasteiger charge is 2.34. The van der Waals surface area contributed by atoms with Gasteiger partial charge in [-0.05, 0) is 74.5 Å². The molecule has 0 atom stereocenters. The summed E-state index contributed by atoms with van der Waals surface area (Å²) in [5, 5.41) is 5.19. The van der Waals surface area contributed by atoms with Gasteiger partial charge in [-0.25, -0.2) is 13.4 Å². The van der Waals surface area contributed by atoms with Crippen LogP contribution in [-0.4, -0.2) is 29.0 Å². The number of aromatic nitrogens is 2. The second kappa shape index (κ2) is 9.53. The lowest BCUT2D eigenvalue weighted by molar-refractivity contribution is -0.140. The number of hydrogen-bond donors (Lipinski definition) is 3. The molecule has 188 valence electrons. The number of rotatable bonds is 7. The molecule has 0 aliphatic rings. The van der Waals surface area contributed by atoms with Crippen molar-refractivity contribution in [3.8, 4) is 0 Å². The van der Waals surface area contributed by atoms with E-state index in [1.807, 2.05) is 0 Å². The Morgan fingerprint density at radius 2 is 1.53 bits per heavy atom. The van der Waals surface area contributed by atoms with Gasteiger partial charge in [-0.3, -0.25) is 13.9 Å². The van der Waals surface area contributed by atoms with E-state index in [1.165, 1.54) is 34.7 Å². The van der Waals surface area contributed by atoms with Crippen LogP contribution in [0.15, 0.2) is 72.9 Å². The van der Waals surface area contributed by atoms with E-state index in [2.05, 4.69) is 20.3 Å². The number of halogens is 3. The van der Waals surface area contributed by atoms with Crippen molar-refractivity contribution in [2.75, 3.05) is 15.4 Å². The average molecular weight is 518 g/mol. The highest BCUT2D eigenvalue weighted by Crippen LogP contribution is 2.30. The summed E-state index contributed by atoms with van der Waals surface area (Å²) >= 11 is 0. The normalized spacial score (nSPS) is 12.1. The molecule has 1 amide bonds. The van der Waals surface area contributed by atoms with Crippen LogP contribution < -0.4 is 15.4 Å². The lowest BCUT2D eigenvalue weighted by Gasteiger charge is -2.12. The monoisotopic (exact) mass is 517 g/mol. The molecule has 36 heavy (non-hydrogen) atoms.